The van der Waals surface area contributed by atoms with Crippen LogP contribution in [0.15, 0.2) is 54.6 Å². The summed E-state index contributed by atoms with van der Waals surface area (Å²) in [4.78, 5) is 10.7. The molecule has 0 heterocycles. The van der Waals surface area contributed by atoms with Gasteiger partial charge >= 0.3 is 7.60 Å². The molecule has 0 saturated carbocycles. The van der Waals surface area contributed by atoms with E-state index in [1.807, 2.05) is 18.2 Å². The van der Waals surface area contributed by atoms with Crippen LogP contribution in [0.2, 0.25) is 0 Å². The zero-order valence-electron chi connectivity index (χ0n) is 12.4. The van der Waals surface area contributed by atoms with Gasteiger partial charge in [-0.15, -0.1) is 0 Å². The summed E-state index contributed by atoms with van der Waals surface area (Å²) in [7, 11) is -0.752. The molecule has 0 saturated heterocycles. The van der Waals surface area contributed by atoms with E-state index in [-0.39, 0.29) is 0 Å². The average Bonchev–Trinajstić information content (AvgIpc) is 2.55. The van der Waals surface area contributed by atoms with E-state index in [1.165, 1.54) is 19.8 Å². The maximum atomic E-state index is 11.9. The first-order valence-corrected chi connectivity index (χ1v) is 7.89. The highest BCUT2D eigenvalue weighted by Crippen LogP contribution is 2.45. The van der Waals surface area contributed by atoms with Crippen molar-refractivity contribution in [2.75, 3.05) is 14.2 Å². The Morgan fingerprint density at radius 2 is 1.43 bits per heavy atom. The van der Waals surface area contributed by atoms with Crippen LogP contribution >= 0.6 is 7.60 Å². The van der Waals surface area contributed by atoms with Crippen molar-refractivity contribution in [3.63, 3.8) is 0 Å². The molecule has 0 amide bonds. The van der Waals surface area contributed by atoms with Gasteiger partial charge in [0.25, 0.3) is 0 Å². The van der Waals surface area contributed by atoms with Crippen molar-refractivity contribution in [3.8, 4) is 0 Å². The number of carbonyl (C=O) groups is 1. The monoisotopic (exact) mass is 306 g/mol. The number of benzene rings is 2. The van der Waals surface area contributed by atoms with E-state index in [0.29, 0.717) is 17.2 Å². The van der Waals surface area contributed by atoms with E-state index in [1.54, 1.807) is 24.3 Å². The molecule has 0 atom stereocenters. The van der Waals surface area contributed by atoms with Crippen LogP contribution < -0.4 is 5.30 Å². The van der Waals surface area contributed by atoms with Gasteiger partial charge in [0.2, 0.25) is 0 Å². The number of hydrogen-bond donors (Lipinski definition) is 0. The van der Waals surface area contributed by atoms with Crippen LogP contribution in [-0.2, 0) is 13.6 Å². The van der Waals surface area contributed by atoms with Crippen LogP contribution in [0.1, 0.15) is 15.9 Å². The lowest BCUT2D eigenvalue weighted by Gasteiger charge is -2.14. The minimum absolute atomic E-state index is 0.292. The fourth-order valence-electron chi connectivity index (χ4n) is 1.64. The van der Waals surface area contributed by atoms with Crippen molar-refractivity contribution in [2.45, 2.75) is 6.92 Å². The Morgan fingerprint density at radius 3 is 1.86 bits per heavy atom. The molecule has 0 aliphatic heterocycles. The molecule has 0 radical (unpaired) electrons. The van der Waals surface area contributed by atoms with Gasteiger partial charge in [0.05, 0.1) is 5.30 Å². The van der Waals surface area contributed by atoms with E-state index < -0.39 is 7.60 Å². The van der Waals surface area contributed by atoms with E-state index in [4.69, 9.17) is 9.05 Å². The summed E-state index contributed by atoms with van der Waals surface area (Å²) in [6.07, 6.45) is 0.625. The summed E-state index contributed by atoms with van der Waals surface area (Å²) in [6.45, 7) is 2.08. The Morgan fingerprint density at radius 1 is 0.905 bits per heavy atom. The Bertz CT molecular complexity index is 603. The van der Waals surface area contributed by atoms with Crippen molar-refractivity contribution in [1.29, 1.82) is 0 Å². The molecule has 2 aromatic rings. The lowest BCUT2D eigenvalue weighted by Crippen LogP contribution is -2.12. The molecule has 0 aromatic heterocycles. The Kier molecular flexibility index (Phi) is 7.03. The van der Waals surface area contributed by atoms with Gasteiger partial charge in [0, 0.05) is 19.8 Å². The third-order valence-corrected chi connectivity index (χ3v) is 4.74. The molecule has 0 bridgehead atoms. The van der Waals surface area contributed by atoms with Gasteiger partial charge in [0.1, 0.15) is 0 Å². The van der Waals surface area contributed by atoms with E-state index >= 15 is 0 Å². The van der Waals surface area contributed by atoms with E-state index in [9.17, 15) is 9.36 Å². The fraction of sp³-hybridized carbons (Fsp3) is 0.188. The maximum Gasteiger partial charge on any atom is 0.361 e. The van der Waals surface area contributed by atoms with Crippen molar-refractivity contribution in [3.05, 3.63) is 65.7 Å². The molecule has 112 valence electrons. The Labute approximate surface area is 125 Å². The van der Waals surface area contributed by atoms with Crippen LogP contribution in [0.4, 0.5) is 0 Å². The zero-order chi connectivity index (χ0) is 15.7. The predicted octanol–water partition coefficient (Wildman–Crippen LogP) is 3.61. The average molecular weight is 306 g/mol. The summed E-state index contributed by atoms with van der Waals surface area (Å²) >= 11 is 0. The van der Waals surface area contributed by atoms with Gasteiger partial charge in [-0.1, -0.05) is 54.1 Å². The quantitative estimate of drug-likeness (QED) is 0.639. The molecule has 0 aliphatic rings. The number of aryl methyl sites for hydroxylation is 1. The van der Waals surface area contributed by atoms with Crippen molar-refractivity contribution < 1.29 is 18.4 Å². The highest BCUT2D eigenvalue weighted by molar-refractivity contribution is 7.62. The molecule has 4 nitrogen and oxygen atoms in total. The van der Waals surface area contributed by atoms with Crippen molar-refractivity contribution >= 4 is 19.2 Å². The van der Waals surface area contributed by atoms with E-state index in [2.05, 4.69) is 19.1 Å². The molecule has 0 unspecified atom stereocenters. The first-order valence-electron chi connectivity index (χ1n) is 6.35. The minimum atomic E-state index is -3.32. The molecule has 21 heavy (non-hydrogen) atoms. The maximum absolute atomic E-state index is 11.9. The van der Waals surface area contributed by atoms with Crippen LogP contribution in [0.25, 0.3) is 0 Å². The summed E-state index contributed by atoms with van der Waals surface area (Å²) in [5.41, 5.74) is 1.64. The van der Waals surface area contributed by atoms with Gasteiger partial charge in [0.15, 0.2) is 6.29 Å². The van der Waals surface area contributed by atoms with Crippen LogP contribution in [0.5, 0.6) is 0 Å². The Hall–Kier alpha value is -1.74. The minimum Gasteiger partial charge on any atom is -0.309 e. The predicted molar refractivity (Wildman–Crippen MR) is 84.3 cm³/mol. The Balaban J connectivity index is 0.000000262. The summed E-state index contributed by atoms with van der Waals surface area (Å²) < 4.78 is 21.5. The zero-order valence-corrected chi connectivity index (χ0v) is 13.2. The number of rotatable bonds is 4. The first kappa shape index (κ1) is 17.3. The molecular formula is C16H19O4P. The van der Waals surface area contributed by atoms with E-state index in [0.717, 1.165) is 0 Å². The highest BCUT2D eigenvalue weighted by atomic mass is 31.2. The second kappa shape index (κ2) is 8.53. The fourth-order valence-corrected chi connectivity index (χ4v) is 2.90. The first-order chi connectivity index (χ1) is 10.1. The third-order valence-electron chi connectivity index (χ3n) is 2.78. The number of carbonyl (C=O) groups excluding carboxylic acids is 1. The van der Waals surface area contributed by atoms with Crippen LogP contribution in [0.3, 0.4) is 0 Å². The standard InChI is InChI=1S/C9H11O4P.C7H8/c1-12-14(11,13-2)9-6-4-3-5-8(9)7-10;1-7-5-3-2-4-6-7/h3-7H,1-2H3;2-6H,1H3. The van der Waals surface area contributed by atoms with Gasteiger partial charge < -0.3 is 9.05 Å². The molecule has 2 rings (SSSR count). The molecule has 0 N–H and O–H groups in total. The highest BCUT2D eigenvalue weighted by Gasteiger charge is 2.26. The molecule has 0 spiro atoms. The second-order valence-corrected chi connectivity index (χ2v) is 6.40. The van der Waals surface area contributed by atoms with Crippen LogP contribution in [-0.4, -0.2) is 20.5 Å². The second-order valence-electron chi connectivity index (χ2n) is 4.19. The SMILES string of the molecule is COP(=O)(OC)c1ccccc1C=O.Cc1ccccc1. The molecule has 0 fully saturated rings. The third kappa shape index (κ3) is 4.94. The van der Waals surface area contributed by atoms with Gasteiger partial charge in [-0.05, 0) is 13.0 Å². The smallest absolute Gasteiger partial charge is 0.309 e. The van der Waals surface area contributed by atoms with Gasteiger partial charge in [-0.3, -0.25) is 9.36 Å². The van der Waals surface area contributed by atoms with Crippen molar-refractivity contribution in [1.82, 2.24) is 0 Å². The molecular weight excluding hydrogens is 287 g/mol. The number of aldehydes is 1. The lowest BCUT2D eigenvalue weighted by atomic mass is 10.2. The summed E-state index contributed by atoms with van der Waals surface area (Å²) in [5.74, 6) is 0. The molecule has 5 heteroatoms. The van der Waals surface area contributed by atoms with Gasteiger partial charge in [-0.25, -0.2) is 0 Å². The largest absolute Gasteiger partial charge is 0.361 e. The summed E-state index contributed by atoms with van der Waals surface area (Å²) in [6, 6.07) is 16.7. The van der Waals surface area contributed by atoms with Crippen molar-refractivity contribution in [2.24, 2.45) is 0 Å². The van der Waals surface area contributed by atoms with Gasteiger partial charge in [-0.2, -0.15) is 0 Å². The molecule has 0 aliphatic carbocycles. The number of hydrogen-bond acceptors (Lipinski definition) is 4. The normalized spacial score (nSPS) is 10.4. The molecule has 2 aromatic carbocycles. The summed E-state index contributed by atoms with van der Waals surface area (Å²) in [5, 5.41) is 0.292. The lowest BCUT2D eigenvalue weighted by molar-refractivity contribution is 0.112. The van der Waals surface area contributed by atoms with Crippen LogP contribution in [0, 0.1) is 6.92 Å². The topological polar surface area (TPSA) is 52.6 Å².